The van der Waals surface area contributed by atoms with Crippen molar-refractivity contribution in [2.24, 2.45) is 10.9 Å². The summed E-state index contributed by atoms with van der Waals surface area (Å²) in [5.74, 6) is 2.05. The Balaban J connectivity index is 0.00000512. The van der Waals surface area contributed by atoms with Gasteiger partial charge < -0.3 is 25.2 Å². The molecule has 0 bridgehead atoms. The van der Waals surface area contributed by atoms with Crippen molar-refractivity contribution in [3.8, 4) is 5.75 Å². The molecule has 1 aliphatic heterocycles. The summed E-state index contributed by atoms with van der Waals surface area (Å²) in [6, 6.07) is 8.62. The van der Waals surface area contributed by atoms with E-state index in [1.165, 1.54) is 24.8 Å². The molecule has 0 aliphatic carbocycles. The van der Waals surface area contributed by atoms with Crippen LogP contribution < -0.4 is 15.4 Å². The lowest BCUT2D eigenvalue weighted by molar-refractivity contribution is 0.0301. The highest BCUT2D eigenvalue weighted by atomic mass is 127. The molecule has 8 heteroatoms. The fourth-order valence-corrected chi connectivity index (χ4v) is 3.74. The van der Waals surface area contributed by atoms with Crippen molar-refractivity contribution < 1.29 is 14.6 Å². The van der Waals surface area contributed by atoms with E-state index in [9.17, 15) is 5.11 Å². The molecule has 0 spiro atoms. The molecular formula is C24H43IN4O3. The molecule has 3 N–H and O–H groups in total. The van der Waals surface area contributed by atoms with E-state index in [4.69, 9.17) is 9.47 Å². The van der Waals surface area contributed by atoms with E-state index in [0.29, 0.717) is 25.7 Å². The van der Waals surface area contributed by atoms with Gasteiger partial charge in [0.1, 0.15) is 5.75 Å². The van der Waals surface area contributed by atoms with Gasteiger partial charge in [-0.25, -0.2) is 0 Å². The van der Waals surface area contributed by atoms with Crippen LogP contribution in [0.15, 0.2) is 29.3 Å². The Hall–Kier alpha value is -1.10. The largest absolute Gasteiger partial charge is 0.497 e. The molecule has 1 saturated heterocycles. The predicted molar refractivity (Wildman–Crippen MR) is 142 cm³/mol. The van der Waals surface area contributed by atoms with Crippen LogP contribution in [0.25, 0.3) is 0 Å². The third-order valence-electron chi connectivity index (χ3n) is 5.36. The van der Waals surface area contributed by atoms with Gasteiger partial charge in [-0.1, -0.05) is 32.4 Å². The fourth-order valence-electron chi connectivity index (χ4n) is 3.74. The third kappa shape index (κ3) is 10.7. The summed E-state index contributed by atoms with van der Waals surface area (Å²) in [7, 11) is 1.69. The molecule has 2 unspecified atom stereocenters. The molecule has 1 fully saturated rings. The summed E-state index contributed by atoms with van der Waals surface area (Å²) in [5, 5.41) is 17.0. The minimum Gasteiger partial charge on any atom is -0.497 e. The first kappa shape index (κ1) is 28.9. The van der Waals surface area contributed by atoms with Crippen molar-refractivity contribution in [1.82, 2.24) is 15.5 Å². The Morgan fingerprint density at radius 2 is 1.78 bits per heavy atom. The standard InChI is InChI=1S/C24H42N4O3.HI/c1-5-25-24(26-15-21(29)18-31-17-19(2)3)27-16-23(28-13-7-6-8-14-28)20-9-11-22(30-4)12-10-20;/h9-12,19,21,23,29H,5-8,13-18H2,1-4H3,(H2,25,26,27);1H. The summed E-state index contributed by atoms with van der Waals surface area (Å²) in [6.45, 7) is 11.2. The highest BCUT2D eigenvalue weighted by molar-refractivity contribution is 14.0. The van der Waals surface area contributed by atoms with Crippen molar-refractivity contribution in [3.63, 3.8) is 0 Å². The zero-order valence-corrected chi connectivity index (χ0v) is 22.5. The van der Waals surface area contributed by atoms with Crippen LogP contribution in [0.1, 0.15) is 51.6 Å². The van der Waals surface area contributed by atoms with Crippen LogP contribution in [0, 0.1) is 5.92 Å². The highest BCUT2D eigenvalue weighted by Crippen LogP contribution is 2.25. The molecule has 184 valence electrons. The average Bonchev–Trinajstić information content (AvgIpc) is 2.78. The minimum atomic E-state index is -0.603. The Kier molecular flexibility index (Phi) is 14.9. The van der Waals surface area contributed by atoms with Crippen LogP contribution in [-0.2, 0) is 4.74 Å². The van der Waals surface area contributed by atoms with Gasteiger partial charge in [0, 0.05) is 19.7 Å². The zero-order valence-electron chi connectivity index (χ0n) is 20.2. The molecule has 0 radical (unpaired) electrons. The molecular weight excluding hydrogens is 519 g/mol. The quantitative estimate of drug-likeness (QED) is 0.206. The van der Waals surface area contributed by atoms with Crippen LogP contribution in [0.3, 0.4) is 0 Å². The Morgan fingerprint density at radius 1 is 1.09 bits per heavy atom. The van der Waals surface area contributed by atoms with Gasteiger partial charge in [0.25, 0.3) is 0 Å². The van der Waals surface area contributed by atoms with Gasteiger partial charge >= 0.3 is 0 Å². The number of halogens is 1. The number of nitrogens with one attached hydrogen (secondary N) is 2. The van der Waals surface area contributed by atoms with E-state index >= 15 is 0 Å². The molecule has 0 amide bonds. The Labute approximate surface area is 211 Å². The van der Waals surface area contributed by atoms with E-state index in [1.807, 2.05) is 19.1 Å². The first-order valence-electron chi connectivity index (χ1n) is 11.7. The number of aliphatic hydroxyl groups excluding tert-OH is 1. The van der Waals surface area contributed by atoms with Gasteiger partial charge in [-0.2, -0.15) is 0 Å². The molecule has 32 heavy (non-hydrogen) atoms. The summed E-state index contributed by atoms with van der Waals surface area (Å²) < 4.78 is 10.9. The second kappa shape index (κ2) is 16.5. The lowest BCUT2D eigenvalue weighted by atomic mass is 10.0. The van der Waals surface area contributed by atoms with Crippen LogP contribution in [0.2, 0.25) is 0 Å². The molecule has 1 aromatic carbocycles. The van der Waals surface area contributed by atoms with Crippen LogP contribution in [0.4, 0.5) is 0 Å². The molecule has 1 aromatic rings. The molecule has 1 aliphatic rings. The maximum absolute atomic E-state index is 10.2. The van der Waals surface area contributed by atoms with E-state index < -0.39 is 6.10 Å². The number of hydrogen-bond donors (Lipinski definition) is 3. The van der Waals surface area contributed by atoms with Gasteiger partial charge in [-0.3, -0.25) is 9.89 Å². The maximum atomic E-state index is 10.2. The van der Waals surface area contributed by atoms with Gasteiger partial charge in [-0.05, 0) is 56.5 Å². The topological polar surface area (TPSA) is 78.4 Å². The van der Waals surface area contributed by atoms with E-state index in [0.717, 1.165) is 37.9 Å². The number of methoxy groups -OCH3 is 1. The number of benzene rings is 1. The molecule has 7 nitrogen and oxygen atoms in total. The fraction of sp³-hybridized carbons (Fsp3) is 0.708. The van der Waals surface area contributed by atoms with Gasteiger partial charge in [0.05, 0.1) is 32.4 Å². The summed E-state index contributed by atoms with van der Waals surface area (Å²) in [6.07, 6.45) is 3.18. The van der Waals surface area contributed by atoms with Crippen LogP contribution >= 0.6 is 24.0 Å². The lowest BCUT2D eigenvalue weighted by Crippen LogP contribution is -2.44. The second-order valence-electron chi connectivity index (χ2n) is 8.57. The van der Waals surface area contributed by atoms with Crippen LogP contribution in [-0.4, -0.2) is 75.1 Å². The van der Waals surface area contributed by atoms with Gasteiger partial charge in [-0.15, -0.1) is 24.0 Å². The van der Waals surface area contributed by atoms with E-state index in [2.05, 4.69) is 46.5 Å². The Morgan fingerprint density at radius 3 is 2.38 bits per heavy atom. The number of aliphatic hydroxyl groups is 1. The lowest BCUT2D eigenvalue weighted by Gasteiger charge is -2.35. The first-order chi connectivity index (χ1) is 15.0. The van der Waals surface area contributed by atoms with Crippen LogP contribution in [0.5, 0.6) is 5.75 Å². The summed E-state index contributed by atoms with van der Waals surface area (Å²) >= 11 is 0. The number of rotatable bonds is 12. The molecule has 2 atom stereocenters. The molecule has 0 saturated carbocycles. The van der Waals surface area contributed by atoms with Gasteiger partial charge in [0.2, 0.25) is 0 Å². The number of likely N-dealkylation sites (tertiary alicyclic amines) is 1. The van der Waals surface area contributed by atoms with Crippen molar-refractivity contribution in [3.05, 3.63) is 29.8 Å². The summed E-state index contributed by atoms with van der Waals surface area (Å²) in [4.78, 5) is 7.13. The van der Waals surface area contributed by atoms with E-state index in [1.54, 1.807) is 7.11 Å². The first-order valence-corrected chi connectivity index (χ1v) is 11.7. The third-order valence-corrected chi connectivity index (χ3v) is 5.36. The van der Waals surface area contributed by atoms with Crippen molar-refractivity contribution in [2.45, 2.75) is 52.2 Å². The Bertz CT molecular complexity index is 637. The monoisotopic (exact) mass is 562 g/mol. The zero-order chi connectivity index (χ0) is 22.5. The van der Waals surface area contributed by atoms with Gasteiger partial charge in [0.15, 0.2) is 5.96 Å². The van der Waals surface area contributed by atoms with Crippen molar-refractivity contribution in [2.75, 3.05) is 53.0 Å². The number of aliphatic imine (C=N–C) groups is 1. The molecule has 2 rings (SSSR count). The number of guanidine groups is 1. The normalized spacial score (nSPS) is 16.9. The molecule has 0 aromatic heterocycles. The highest BCUT2D eigenvalue weighted by Gasteiger charge is 2.22. The molecule has 1 heterocycles. The van der Waals surface area contributed by atoms with E-state index in [-0.39, 0.29) is 30.0 Å². The number of ether oxygens (including phenoxy) is 2. The van der Waals surface area contributed by atoms with Crippen molar-refractivity contribution >= 4 is 29.9 Å². The summed E-state index contributed by atoms with van der Waals surface area (Å²) in [5.41, 5.74) is 1.27. The number of hydrogen-bond acceptors (Lipinski definition) is 5. The minimum absolute atomic E-state index is 0. The number of piperidine rings is 1. The number of nitrogens with zero attached hydrogens (tertiary/aromatic N) is 2. The van der Waals surface area contributed by atoms with Crippen molar-refractivity contribution in [1.29, 1.82) is 0 Å². The second-order valence-corrected chi connectivity index (χ2v) is 8.57. The SMILES string of the molecule is CCNC(=NCC(O)COCC(C)C)NCC(c1ccc(OC)cc1)N1CCCCC1.I. The smallest absolute Gasteiger partial charge is 0.191 e. The predicted octanol–water partition coefficient (Wildman–Crippen LogP) is 3.43. The average molecular weight is 563 g/mol. The maximum Gasteiger partial charge on any atom is 0.191 e.